The summed E-state index contributed by atoms with van der Waals surface area (Å²) in [5, 5.41) is 12.0. The minimum Gasteiger partial charge on any atom is -0.419 e. The van der Waals surface area contributed by atoms with Crippen LogP contribution in [0, 0.1) is 6.92 Å². The molecule has 1 N–H and O–H groups in total. The van der Waals surface area contributed by atoms with Gasteiger partial charge in [-0.1, -0.05) is 42.0 Å². The molecule has 0 saturated carbocycles. The maximum atomic E-state index is 5.90. The van der Waals surface area contributed by atoms with Crippen LogP contribution < -0.4 is 5.32 Å². The molecule has 1 aliphatic rings. The number of nitrogens with zero attached hydrogens (tertiary/aromatic N) is 3. The Morgan fingerprint density at radius 2 is 1.71 bits per heavy atom. The molecule has 4 rings (SSSR count). The van der Waals surface area contributed by atoms with Crippen LogP contribution >= 0.6 is 0 Å². The van der Waals surface area contributed by atoms with Crippen LogP contribution in [0.1, 0.15) is 48.4 Å². The monoisotopic (exact) mass is 376 g/mol. The van der Waals surface area contributed by atoms with Crippen LogP contribution in [0.4, 0.5) is 0 Å². The maximum absolute atomic E-state index is 5.90. The second kappa shape index (κ2) is 8.67. The highest BCUT2D eigenvalue weighted by Gasteiger charge is 2.17. The predicted octanol–water partition coefficient (Wildman–Crippen LogP) is 4.49. The lowest BCUT2D eigenvalue weighted by Crippen LogP contribution is -2.22. The highest BCUT2D eigenvalue weighted by atomic mass is 16.4. The van der Waals surface area contributed by atoms with E-state index in [-0.39, 0.29) is 6.04 Å². The molecule has 1 aliphatic heterocycles. The fourth-order valence-electron chi connectivity index (χ4n) is 3.64. The molecule has 0 aliphatic carbocycles. The van der Waals surface area contributed by atoms with Crippen molar-refractivity contribution >= 4 is 0 Å². The zero-order chi connectivity index (χ0) is 19.3. The van der Waals surface area contributed by atoms with Gasteiger partial charge in [0.15, 0.2) is 0 Å². The molecule has 1 atom stereocenters. The Morgan fingerprint density at radius 3 is 2.46 bits per heavy atom. The Balaban J connectivity index is 1.39. The van der Waals surface area contributed by atoms with E-state index in [2.05, 4.69) is 70.7 Å². The third kappa shape index (κ3) is 4.49. The minimum absolute atomic E-state index is 0.00783. The van der Waals surface area contributed by atoms with Gasteiger partial charge in [0.25, 0.3) is 0 Å². The lowest BCUT2D eigenvalue weighted by atomic mass is 10.1. The molecule has 5 nitrogen and oxygen atoms in total. The largest absolute Gasteiger partial charge is 0.419 e. The van der Waals surface area contributed by atoms with E-state index < -0.39 is 0 Å². The second-order valence-corrected chi connectivity index (χ2v) is 7.67. The van der Waals surface area contributed by atoms with Crippen molar-refractivity contribution < 1.29 is 4.42 Å². The molecule has 0 unspecified atom stereocenters. The van der Waals surface area contributed by atoms with Crippen LogP contribution in [-0.4, -0.2) is 28.2 Å². The van der Waals surface area contributed by atoms with Crippen molar-refractivity contribution in [1.82, 2.24) is 20.4 Å². The summed E-state index contributed by atoms with van der Waals surface area (Å²) in [6.07, 6.45) is 2.63. The van der Waals surface area contributed by atoms with Gasteiger partial charge in [0.05, 0.1) is 6.04 Å². The van der Waals surface area contributed by atoms with Gasteiger partial charge in [-0.05, 0) is 63.0 Å². The Labute approximate surface area is 166 Å². The SMILES string of the molecule is Cc1ccc(-c2nnc([C@H](C)NCc3ccccc3CN3CCCC3)o2)cc1. The summed E-state index contributed by atoms with van der Waals surface area (Å²) in [5.41, 5.74) is 4.90. The molecule has 2 aromatic carbocycles. The van der Waals surface area contributed by atoms with E-state index in [0.29, 0.717) is 11.8 Å². The predicted molar refractivity (Wildman–Crippen MR) is 111 cm³/mol. The third-order valence-corrected chi connectivity index (χ3v) is 5.42. The Kier molecular flexibility index (Phi) is 5.84. The van der Waals surface area contributed by atoms with Crippen molar-refractivity contribution in [1.29, 1.82) is 0 Å². The van der Waals surface area contributed by atoms with Crippen molar-refractivity contribution in [3.8, 4) is 11.5 Å². The van der Waals surface area contributed by atoms with Gasteiger partial charge in [0.1, 0.15) is 0 Å². The Morgan fingerprint density at radius 1 is 1.00 bits per heavy atom. The summed E-state index contributed by atoms with van der Waals surface area (Å²) >= 11 is 0. The van der Waals surface area contributed by atoms with E-state index in [1.165, 1.54) is 42.6 Å². The summed E-state index contributed by atoms with van der Waals surface area (Å²) in [5.74, 6) is 1.19. The highest BCUT2D eigenvalue weighted by molar-refractivity contribution is 5.52. The first-order chi connectivity index (χ1) is 13.7. The summed E-state index contributed by atoms with van der Waals surface area (Å²) < 4.78 is 5.90. The molecule has 5 heteroatoms. The summed E-state index contributed by atoms with van der Waals surface area (Å²) in [4.78, 5) is 2.54. The van der Waals surface area contributed by atoms with E-state index in [4.69, 9.17) is 4.42 Å². The van der Waals surface area contributed by atoms with Gasteiger partial charge in [-0.15, -0.1) is 10.2 Å². The van der Waals surface area contributed by atoms with Crippen molar-refractivity contribution in [3.63, 3.8) is 0 Å². The van der Waals surface area contributed by atoms with Gasteiger partial charge in [-0.25, -0.2) is 0 Å². The van der Waals surface area contributed by atoms with E-state index in [9.17, 15) is 0 Å². The molecule has 2 heterocycles. The second-order valence-electron chi connectivity index (χ2n) is 7.67. The van der Waals surface area contributed by atoms with Gasteiger partial charge in [0, 0.05) is 18.7 Å². The lowest BCUT2D eigenvalue weighted by molar-refractivity contribution is 0.329. The first-order valence-corrected chi connectivity index (χ1v) is 10.1. The summed E-state index contributed by atoms with van der Waals surface area (Å²) in [6.45, 7) is 8.37. The molecule has 0 radical (unpaired) electrons. The molecule has 1 aromatic heterocycles. The number of nitrogens with one attached hydrogen (secondary N) is 1. The van der Waals surface area contributed by atoms with Crippen molar-refractivity contribution in [3.05, 3.63) is 71.1 Å². The molecule has 0 bridgehead atoms. The van der Waals surface area contributed by atoms with Gasteiger partial charge in [0.2, 0.25) is 11.8 Å². The molecular weight excluding hydrogens is 348 g/mol. The van der Waals surface area contributed by atoms with Crippen LogP contribution in [0.2, 0.25) is 0 Å². The first kappa shape index (κ1) is 18.8. The number of likely N-dealkylation sites (tertiary alicyclic amines) is 1. The lowest BCUT2D eigenvalue weighted by Gasteiger charge is -2.18. The van der Waals surface area contributed by atoms with Gasteiger partial charge >= 0.3 is 0 Å². The molecular formula is C23H28N4O. The Hall–Kier alpha value is -2.50. The molecule has 1 saturated heterocycles. The highest BCUT2D eigenvalue weighted by Crippen LogP contribution is 2.22. The van der Waals surface area contributed by atoms with Crippen molar-refractivity contribution in [2.24, 2.45) is 0 Å². The number of benzene rings is 2. The number of hydrogen-bond donors (Lipinski definition) is 1. The number of aryl methyl sites for hydroxylation is 1. The summed E-state index contributed by atoms with van der Waals surface area (Å²) in [7, 11) is 0. The van der Waals surface area contributed by atoms with Gasteiger partial charge in [-0.3, -0.25) is 4.90 Å². The van der Waals surface area contributed by atoms with E-state index in [1.807, 2.05) is 12.1 Å². The normalized spacial score (nSPS) is 15.8. The van der Waals surface area contributed by atoms with Gasteiger partial charge in [-0.2, -0.15) is 0 Å². The van der Waals surface area contributed by atoms with Crippen LogP contribution in [-0.2, 0) is 13.1 Å². The zero-order valence-electron chi connectivity index (χ0n) is 16.7. The molecule has 3 aromatic rings. The van der Waals surface area contributed by atoms with Crippen molar-refractivity contribution in [2.75, 3.05) is 13.1 Å². The molecule has 1 fully saturated rings. The molecule has 0 spiro atoms. The third-order valence-electron chi connectivity index (χ3n) is 5.42. The number of aromatic nitrogens is 2. The quantitative estimate of drug-likeness (QED) is 0.658. The van der Waals surface area contributed by atoms with E-state index in [1.54, 1.807) is 0 Å². The van der Waals surface area contributed by atoms with Crippen LogP contribution in [0.3, 0.4) is 0 Å². The Bertz CT molecular complexity index is 897. The first-order valence-electron chi connectivity index (χ1n) is 10.1. The topological polar surface area (TPSA) is 54.2 Å². The average molecular weight is 377 g/mol. The summed E-state index contributed by atoms with van der Waals surface area (Å²) in [6, 6.07) is 16.8. The van der Waals surface area contributed by atoms with Crippen LogP contribution in [0.15, 0.2) is 52.9 Å². The van der Waals surface area contributed by atoms with Gasteiger partial charge < -0.3 is 9.73 Å². The van der Waals surface area contributed by atoms with Crippen molar-refractivity contribution in [2.45, 2.75) is 45.8 Å². The van der Waals surface area contributed by atoms with E-state index in [0.717, 1.165) is 18.7 Å². The molecule has 146 valence electrons. The molecule has 28 heavy (non-hydrogen) atoms. The fourth-order valence-corrected chi connectivity index (χ4v) is 3.64. The fraction of sp³-hybridized carbons (Fsp3) is 0.391. The maximum Gasteiger partial charge on any atom is 0.247 e. The number of hydrogen-bond acceptors (Lipinski definition) is 5. The number of rotatable bonds is 7. The van der Waals surface area contributed by atoms with Crippen LogP contribution in [0.5, 0.6) is 0 Å². The van der Waals surface area contributed by atoms with Crippen LogP contribution in [0.25, 0.3) is 11.5 Å². The molecule has 0 amide bonds. The smallest absolute Gasteiger partial charge is 0.247 e. The standard InChI is InChI=1S/C23H28N4O/c1-17-9-11-19(12-10-17)23-26-25-22(28-23)18(2)24-15-20-7-3-4-8-21(20)16-27-13-5-6-14-27/h3-4,7-12,18,24H,5-6,13-16H2,1-2H3/t18-/m0/s1. The van der Waals surface area contributed by atoms with E-state index >= 15 is 0 Å². The zero-order valence-corrected chi connectivity index (χ0v) is 16.7. The average Bonchev–Trinajstić information content (AvgIpc) is 3.40. The minimum atomic E-state index is -0.00783.